The Morgan fingerprint density at radius 3 is 3.00 bits per heavy atom. The molecule has 2 N–H and O–H groups in total. The Hall–Kier alpha value is -1.84. The van der Waals surface area contributed by atoms with Gasteiger partial charge in [-0.05, 0) is 72.6 Å². The summed E-state index contributed by atoms with van der Waals surface area (Å²) in [5.74, 6) is 2.34. The van der Waals surface area contributed by atoms with Crippen LogP contribution in [-0.4, -0.2) is 23.8 Å². The molecule has 1 amide bonds. The highest BCUT2D eigenvalue weighted by atomic mass is 16.3. The van der Waals surface area contributed by atoms with Gasteiger partial charge in [-0.1, -0.05) is 13.0 Å². The number of nitrogens with one attached hydrogen (secondary N) is 1. The SMILES string of the molecule is C[C@]12CCC3c4ccc(O)cc4CCC3C1[C@@H](CNC=O)CC2=O. The standard InChI is InChI=1S/C20H25NO3/c1-20-7-6-16-15-5-3-14(23)8-12(15)2-4-17(16)19(20)13(9-18(20)24)10-21-11-22/h3,5,8,11,13,16-17,19,23H,2,4,6-7,9-10H2,1H3,(H,21,22)/t13-,16?,17?,19?,20-/m1/s1. The van der Waals surface area contributed by atoms with Gasteiger partial charge in [0.2, 0.25) is 6.41 Å². The van der Waals surface area contributed by atoms with Gasteiger partial charge in [-0.3, -0.25) is 9.59 Å². The molecule has 4 nitrogen and oxygen atoms in total. The van der Waals surface area contributed by atoms with Crippen LogP contribution in [0.5, 0.6) is 5.75 Å². The number of ketones is 1. The van der Waals surface area contributed by atoms with Crippen molar-refractivity contribution in [2.75, 3.05) is 6.54 Å². The fourth-order valence-corrected chi connectivity index (χ4v) is 6.01. The molecule has 0 spiro atoms. The topological polar surface area (TPSA) is 66.4 Å². The molecule has 1 aromatic carbocycles. The van der Waals surface area contributed by atoms with Gasteiger partial charge in [0.25, 0.3) is 0 Å². The second-order valence-electron chi connectivity index (χ2n) is 8.09. The van der Waals surface area contributed by atoms with Crippen molar-refractivity contribution < 1.29 is 14.7 Å². The first kappa shape index (κ1) is 15.7. The number of phenolic OH excluding ortho intramolecular Hbond substituents is 1. The first-order valence-electron chi connectivity index (χ1n) is 9.06. The van der Waals surface area contributed by atoms with Crippen LogP contribution in [0.4, 0.5) is 0 Å². The molecule has 24 heavy (non-hydrogen) atoms. The van der Waals surface area contributed by atoms with Gasteiger partial charge in [-0.2, -0.15) is 0 Å². The number of carbonyl (C=O) groups is 2. The Labute approximate surface area is 142 Å². The van der Waals surface area contributed by atoms with Gasteiger partial charge in [0.05, 0.1) is 0 Å². The molecule has 2 fully saturated rings. The van der Waals surface area contributed by atoms with E-state index < -0.39 is 0 Å². The number of aromatic hydroxyl groups is 1. The number of carbonyl (C=O) groups excluding carboxylic acids is 2. The van der Waals surface area contributed by atoms with E-state index >= 15 is 0 Å². The number of hydrogen-bond acceptors (Lipinski definition) is 3. The van der Waals surface area contributed by atoms with Crippen LogP contribution in [0.3, 0.4) is 0 Å². The Bertz CT molecular complexity index is 685. The Morgan fingerprint density at radius 2 is 2.21 bits per heavy atom. The van der Waals surface area contributed by atoms with Crippen LogP contribution < -0.4 is 5.32 Å². The van der Waals surface area contributed by atoms with Crippen LogP contribution in [0.1, 0.15) is 49.7 Å². The second-order valence-corrected chi connectivity index (χ2v) is 8.09. The minimum Gasteiger partial charge on any atom is -0.508 e. The van der Waals surface area contributed by atoms with Crippen LogP contribution in [0.25, 0.3) is 0 Å². The average molecular weight is 327 g/mol. The summed E-state index contributed by atoms with van der Waals surface area (Å²) < 4.78 is 0. The van der Waals surface area contributed by atoms with Crippen molar-refractivity contribution in [2.45, 2.75) is 44.9 Å². The molecule has 4 heteroatoms. The molecule has 0 bridgehead atoms. The molecule has 2 saturated carbocycles. The first-order chi connectivity index (χ1) is 11.5. The first-order valence-corrected chi connectivity index (χ1v) is 9.06. The molecule has 3 aliphatic rings. The maximum absolute atomic E-state index is 12.7. The Kier molecular flexibility index (Phi) is 3.66. The van der Waals surface area contributed by atoms with Gasteiger partial charge in [0.15, 0.2) is 0 Å². The molecule has 5 atom stereocenters. The zero-order chi connectivity index (χ0) is 16.9. The molecule has 128 valence electrons. The normalized spacial score (nSPS) is 37.3. The maximum Gasteiger partial charge on any atom is 0.207 e. The minimum atomic E-state index is -0.217. The number of phenols is 1. The zero-order valence-electron chi connectivity index (χ0n) is 14.1. The summed E-state index contributed by atoms with van der Waals surface area (Å²) in [6.45, 7) is 2.77. The van der Waals surface area contributed by atoms with Crippen molar-refractivity contribution in [1.29, 1.82) is 0 Å². The molecule has 0 aliphatic heterocycles. The van der Waals surface area contributed by atoms with Gasteiger partial charge in [-0.15, -0.1) is 0 Å². The van der Waals surface area contributed by atoms with E-state index in [1.807, 2.05) is 6.07 Å². The highest BCUT2D eigenvalue weighted by Gasteiger charge is 2.58. The predicted octanol–water partition coefficient (Wildman–Crippen LogP) is 2.79. The third kappa shape index (κ3) is 2.19. The molecular formula is C20H25NO3. The van der Waals surface area contributed by atoms with E-state index in [9.17, 15) is 14.7 Å². The number of rotatable bonds is 3. The van der Waals surface area contributed by atoms with Crippen LogP contribution in [-0.2, 0) is 16.0 Å². The van der Waals surface area contributed by atoms with Crippen molar-refractivity contribution in [3.63, 3.8) is 0 Å². The number of fused-ring (bicyclic) bond motifs is 5. The molecule has 1 aromatic rings. The summed E-state index contributed by atoms with van der Waals surface area (Å²) >= 11 is 0. The highest BCUT2D eigenvalue weighted by Crippen LogP contribution is 2.61. The van der Waals surface area contributed by atoms with Crippen LogP contribution in [0.2, 0.25) is 0 Å². The summed E-state index contributed by atoms with van der Waals surface area (Å²) in [5, 5.41) is 12.6. The van der Waals surface area contributed by atoms with Crippen LogP contribution in [0, 0.1) is 23.2 Å². The second kappa shape index (κ2) is 5.61. The van der Waals surface area contributed by atoms with Gasteiger partial charge in [0, 0.05) is 18.4 Å². The molecule has 3 unspecified atom stereocenters. The fraction of sp³-hybridized carbons (Fsp3) is 0.600. The average Bonchev–Trinajstić information content (AvgIpc) is 2.83. The maximum atomic E-state index is 12.7. The van der Waals surface area contributed by atoms with Crippen molar-refractivity contribution in [2.24, 2.45) is 23.2 Å². The Morgan fingerprint density at radius 1 is 1.38 bits per heavy atom. The zero-order valence-corrected chi connectivity index (χ0v) is 14.1. The van der Waals surface area contributed by atoms with Gasteiger partial charge >= 0.3 is 0 Å². The lowest BCUT2D eigenvalue weighted by Crippen LogP contribution is -2.45. The van der Waals surface area contributed by atoms with Gasteiger partial charge in [-0.25, -0.2) is 0 Å². The molecule has 0 radical (unpaired) electrons. The quantitative estimate of drug-likeness (QED) is 0.839. The van der Waals surface area contributed by atoms with E-state index in [0.717, 1.165) is 32.1 Å². The van der Waals surface area contributed by atoms with Crippen molar-refractivity contribution in [3.8, 4) is 5.75 Å². The summed E-state index contributed by atoms with van der Waals surface area (Å²) in [6, 6.07) is 5.78. The van der Waals surface area contributed by atoms with E-state index in [0.29, 0.717) is 42.3 Å². The molecule has 0 saturated heterocycles. The summed E-state index contributed by atoms with van der Waals surface area (Å²) in [4.78, 5) is 23.5. The highest BCUT2D eigenvalue weighted by molar-refractivity contribution is 5.87. The number of aryl methyl sites for hydroxylation is 1. The lowest BCUT2D eigenvalue weighted by atomic mass is 9.54. The number of amides is 1. The lowest BCUT2D eigenvalue weighted by molar-refractivity contribution is -0.129. The minimum absolute atomic E-state index is 0.217. The smallest absolute Gasteiger partial charge is 0.207 e. The van der Waals surface area contributed by atoms with E-state index in [1.54, 1.807) is 6.07 Å². The molecule has 3 aliphatic carbocycles. The van der Waals surface area contributed by atoms with Crippen LogP contribution in [0.15, 0.2) is 18.2 Å². The summed E-state index contributed by atoms with van der Waals surface area (Å²) in [7, 11) is 0. The van der Waals surface area contributed by atoms with Crippen molar-refractivity contribution >= 4 is 12.2 Å². The largest absolute Gasteiger partial charge is 0.508 e. The monoisotopic (exact) mass is 327 g/mol. The Balaban J connectivity index is 1.69. The fourth-order valence-electron chi connectivity index (χ4n) is 6.01. The van der Waals surface area contributed by atoms with E-state index in [-0.39, 0.29) is 11.3 Å². The molecule has 0 aromatic heterocycles. The van der Waals surface area contributed by atoms with Gasteiger partial charge in [0.1, 0.15) is 11.5 Å². The summed E-state index contributed by atoms with van der Waals surface area (Å²) in [6.07, 6.45) is 5.39. The van der Waals surface area contributed by atoms with E-state index in [1.165, 1.54) is 11.1 Å². The van der Waals surface area contributed by atoms with Crippen molar-refractivity contribution in [1.82, 2.24) is 5.32 Å². The predicted molar refractivity (Wildman–Crippen MR) is 90.7 cm³/mol. The van der Waals surface area contributed by atoms with E-state index in [4.69, 9.17) is 0 Å². The molecule has 0 heterocycles. The third-order valence-electron chi connectivity index (χ3n) is 7.02. The summed E-state index contributed by atoms with van der Waals surface area (Å²) in [5.41, 5.74) is 2.42. The third-order valence-corrected chi connectivity index (χ3v) is 7.02. The molecular weight excluding hydrogens is 302 g/mol. The number of hydrogen-bond donors (Lipinski definition) is 2. The number of benzene rings is 1. The van der Waals surface area contributed by atoms with Crippen molar-refractivity contribution in [3.05, 3.63) is 29.3 Å². The lowest BCUT2D eigenvalue weighted by Gasteiger charge is -2.49. The number of Topliss-reactive ketones (excluding diaryl/α,β-unsaturated/α-hetero) is 1. The molecule has 4 rings (SSSR count). The van der Waals surface area contributed by atoms with Crippen LogP contribution >= 0.6 is 0 Å². The van der Waals surface area contributed by atoms with E-state index in [2.05, 4.69) is 18.3 Å². The van der Waals surface area contributed by atoms with Gasteiger partial charge < -0.3 is 10.4 Å².